The van der Waals surface area contributed by atoms with Crippen molar-refractivity contribution in [2.75, 3.05) is 5.34 Å². The molecule has 0 bridgehead atoms. The Kier molecular flexibility index (Phi) is 11.3. The van der Waals surface area contributed by atoms with Gasteiger partial charge in [0, 0.05) is 10.5 Å². The van der Waals surface area contributed by atoms with Crippen LogP contribution < -0.4 is 0 Å². The van der Waals surface area contributed by atoms with Gasteiger partial charge in [-0.2, -0.15) is 26.3 Å². The lowest BCUT2D eigenvalue weighted by Gasteiger charge is -2.15. The zero-order valence-electron chi connectivity index (χ0n) is 21.3. The average molecular weight is 619 g/mol. The van der Waals surface area contributed by atoms with Crippen LogP contribution in [-0.4, -0.2) is 57.7 Å². The third kappa shape index (κ3) is 8.79. The molecular formula is C25H30Cl2F6N4O3. The number of aliphatic hydroxyl groups is 1. The predicted octanol–water partition coefficient (Wildman–Crippen LogP) is 7.67. The van der Waals surface area contributed by atoms with Crippen LogP contribution in [0.25, 0.3) is 10.4 Å². The minimum Gasteiger partial charge on any atom is -0.393 e. The number of likely N-dealkylation sites (tertiary alicyclic amines) is 1. The molecule has 3 aliphatic carbocycles. The highest BCUT2D eigenvalue weighted by Crippen LogP contribution is 2.44. The average Bonchev–Trinajstić information content (AvgIpc) is 3.52. The van der Waals surface area contributed by atoms with E-state index < -0.39 is 35.0 Å². The second-order valence-corrected chi connectivity index (χ2v) is 10.9. The van der Waals surface area contributed by atoms with Gasteiger partial charge in [-0.05, 0) is 75.1 Å². The van der Waals surface area contributed by atoms with Crippen molar-refractivity contribution in [2.45, 2.75) is 107 Å². The number of piperidine rings is 1. The van der Waals surface area contributed by atoms with Crippen LogP contribution in [0.3, 0.4) is 0 Å². The van der Waals surface area contributed by atoms with Crippen molar-refractivity contribution in [1.29, 1.82) is 0 Å². The van der Waals surface area contributed by atoms with E-state index in [0.717, 1.165) is 38.5 Å². The number of nitrogens with zero attached hydrogens (tertiary/aromatic N) is 4. The molecule has 6 rings (SSSR count). The first-order valence-corrected chi connectivity index (χ1v) is 14.0. The summed E-state index contributed by atoms with van der Waals surface area (Å²) in [6, 6.07) is 0.791. The maximum absolute atomic E-state index is 12.8. The van der Waals surface area contributed by atoms with Crippen molar-refractivity contribution in [3.05, 3.63) is 45.3 Å². The lowest BCUT2D eigenvalue weighted by Crippen LogP contribution is -2.20. The minimum atomic E-state index is -4.94. The molecule has 1 N–H and O–H groups in total. The number of carbonyl (C=O) groups is 1. The summed E-state index contributed by atoms with van der Waals surface area (Å²) in [6.07, 6.45) is 0.273. The first-order chi connectivity index (χ1) is 18.8. The largest absolute Gasteiger partial charge is 0.416 e. The lowest BCUT2D eigenvalue weighted by molar-refractivity contribution is -0.143. The van der Waals surface area contributed by atoms with E-state index in [-0.39, 0.29) is 35.6 Å². The Balaban J connectivity index is 0.000000198. The highest BCUT2D eigenvalue weighted by atomic mass is 35.5. The summed E-state index contributed by atoms with van der Waals surface area (Å²) in [5.41, 5.74) is 4.51. The van der Waals surface area contributed by atoms with E-state index in [2.05, 4.69) is 10.0 Å². The van der Waals surface area contributed by atoms with Crippen LogP contribution in [0.15, 0.2) is 23.3 Å². The fourth-order valence-electron chi connectivity index (χ4n) is 5.39. The number of aliphatic hydroxyl groups excluding tert-OH is 1. The van der Waals surface area contributed by atoms with Crippen molar-refractivity contribution in [2.24, 2.45) is 5.11 Å². The number of ether oxygens (including phenoxy) is 1. The Labute approximate surface area is 237 Å². The molecule has 0 radical (unpaired) electrons. The van der Waals surface area contributed by atoms with Gasteiger partial charge in [0.25, 0.3) is 5.91 Å². The van der Waals surface area contributed by atoms with Crippen LogP contribution in [0.1, 0.15) is 79.3 Å². The smallest absolute Gasteiger partial charge is 0.393 e. The van der Waals surface area contributed by atoms with Crippen molar-refractivity contribution < 1.29 is 41.0 Å². The molecule has 40 heavy (non-hydrogen) atoms. The summed E-state index contributed by atoms with van der Waals surface area (Å²) in [5.74, 6) is -0.758. The molecule has 1 amide bonds. The van der Waals surface area contributed by atoms with Crippen LogP contribution in [0.4, 0.5) is 26.3 Å². The molecule has 224 valence electrons. The molecule has 0 aromatic heterocycles. The summed E-state index contributed by atoms with van der Waals surface area (Å²) in [6.45, 7) is 0. The number of rotatable bonds is 2. The second kappa shape index (κ2) is 13.8. The van der Waals surface area contributed by atoms with Crippen molar-refractivity contribution in [1.82, 2.24) is 4.90 Å². The number of alkyl halides is 8. The van der Waals surface area contributed by atoms with Gasteiger partial charge < -0.3 is 14.7 Å². The summed E-state index contributed by atoms with van der Waals surface area (Å²) in [4.78, 5) is 16.2. The summed E-state index contributed by atoms with van der Waals surface area (Å²) < 4.78 is 81.7. The van der Waals surface area contributed by atoms with Gasteiger partial charge in [0.1, 0.15) is 0 Å². The Morgan fingerprint density at radius 2 is 1.40 bits per heavy atom. The summed E-state index contributed by atoms with van der Waals surface area (Å²) >= 11 is 9.53. The van der Waals surface area contributed by atoms with E-state index in [1.54, 1.807) is 0 Å². The number of hydrogen-bond acceptors (Lipinski definition) is 4. The molecule has 15 heteroatoms. The van der Waals surface area contributed by atoms with Crippen LogP contribution >= 0.6 is 23.2 Å². The molecule has 7 nitrogen and oxygen atoms in total. The normalized spacial score (nSPS) is 29.3. The lowest BCUT2D eigenvalue weighted by atomic mass is 10.0. The van der Waals surface area contributed by atoms with Gasteiger partial charge in [0.15, 0.2) is 0 Å². The van der Waals surface area contributed by atoms with E-state index in [4.69, 9.17) is 38.6 Å². The number of benzene rings is 1. The van der Waals surface area contributed by atoms with Crippen LogP contribution in [0.5, 0.6) is 0 Å². The molecule has 1 aromatic carbocycles. The molecule has 2 heterocycles. The molecule has 5 fully saturated rings. The molecule has 2 saturated heterocycles. The maximum Gasteiger partial charge on any atom is 0.416 e. The van der Waals surface area contributed by atoms with Gasteiger partial charge in [-0.15, -0.1) is 23.2 Å². The maximum atomic E-state index is 12.8. The molecule has 6 atom stereocenters. The Morgan fingerprint density at radius 1 is 0.925 bits per heavy atom. The quantitative estimate of drug-likeness (QED) is 0.0918. The fourth-order valence-corrected chi connectivity index (χ4v) is 5.39. The monoisotopic (exact) mass is 618 g/mol. The zero-order chi connectivity index (χ0) is 29.7. The SMILES string of the molecule is C1CC2OC2C1.ClCCl.O=C(c1cc(C(F)(F)F)cc(C(F)(F)F)c1)N1C2CCCC21.[N-]=[N+]=N[C@H]1CCC[C@@H]1O. The predicted molar refractivity (Wildman–Crippen MR) is 136 cm³/mol. The van der Waals surface area contributed by atoms with Gasteiger partial charge >= 0.3 is 12.4 Å². The first-order valence-electron chi connectivity index (χ1n) is 12.9. The van der Waals surface area contributed by atoms with E-state index in [9.17, 15) is 31.1 Å². The molecule has 2 aliphatic heterocycles. The highest BCUT2D eigenvalue weighted by molar-refractivity contribution is 6.40. The van der Waals surface area contributed by atoms with Crippen LogP contribution in [0, 0.1) is 0 Å². The number of fused-ring (bicyclic) bond motifs is 2. The van der Waals surface area contributed by atoms with E-state index in [1.807, 2.05) is 0 Å². The molecule has 4 unspecified atom stereocenters. The standard InChI is InChI=1S/C14H11F6NO.C5H9N3O.C5H8O.CH2Cl2/c15-13(16,17)8-4-7(5-9(6-8)14(18,19)20)12(22)21-10-2-1-3-11(10)21;6-8-7-4-2-1-3-5(4)9;1-2-4-5(3-1)6-4;2-1-3/h4-6,10-11H,1-3H2;4-5,9H,1-3H2;4-5H,1-3H2;1H2/t;4-,5-;;/m.0../s1. The Hall–Kier alpha value is -1.92. The molecule has 3 saturated carbocycles. The second-order valence-electron chi connectivity index (χ2n) is 10.1. The third-order valence-corrected chi connectivity index (χ3v) is 7.45. The molecular weight excluding hydrogens is 589 g/mol. The Morgan fingerprint density at radius 3 is 1.75 bits per heavy atom. The number of halogens is 8. The van der Waals surface area contributed by atoms with E-state index in [1.165, 1.54) is 24.2 Å². The molecule has 5 aliphatic rings. The van der Waals surface area contributed by atoms with E-state index in [0.29, 0.717) is 24.3 Å². The number of hydrogen-bond donors (Lipinski definition) is 1. The van der Waals surface area contributed by atoms with Crippen LogP contribution in [0.2, 0.25) is 0 Å². The fraction of sp³-hybridized carbons (Fsp3) is 0.720. The van der Waals surface area contributed by atoms with E-state index >= 15 is 0 Å². The Bertz CT molecular complexity index is 1020. The third-order valence-electron chi connectivity index (χ3n) is 7.45. The minimum absolute atomic E-state index is 0.0276. The number of epoxide rings is 1. The zero-order valence-corrected chi connectivity index (χ0v) is 22.9. The van der Waals surface area contributed by atoms with Gasteiger partial charge in [0.05, 0.1) is 52.9 Å². The molecule has 1 aromatic rings. The summed E-state index contributed by atoms with van der Waals surface area (Å²) in [7, 11) is 0. The highest BCUT2D eigenvalue weighted by Gasteiger charge is 2.53. The first kappa shape index (κ1) is 32.6. The van der Waals surface area contributed by atoms with Gasteiger partial charge in [-0.1, -0.05) is 11.5 Å². The molecule has 0 spiro atoms. The number of carbonyl (C=O) groups excluding carboxylic acids is 1. The van der Waals surface area contributed by atoms with Gasteiger partial charge in [-0.25, -0.2) is 0 Å². The van der Waals surface area contributed by atoms with Crippen LogP contribution in [-0.2, 0) is 17.1 Å². The van der Waals surface area contributed by atoms with Gasteiger partial charge in [0.2, 0.25) is 0 Å². The number of azide groups is 1. The summed E-state index contributed by atoms with van der Waals surface area (Å²) in [5, 5.41) is 12.7. The topological polar surface area (TPSA) is 102 Å². The number of amides is 1. The van der Waals surface area contributed by atoms with Crippen molar-refractivity contribution in [3.8, 4) is 0 Å². The van der Waals surface area contributed by atoms with Crippen molar-refractivity contribution in [3.63, 3.8) is 0 Å². The van der Waals surface area contributed by atoms with Gasteiger partial charge in [-0.3, -0.25) is 4.79 Å². The van der Waals surface area contributed by atoms with Crippen molar-refractivity contribution >= 4 is 29.1 Å².